The maximum atomic E-state index is 11.7. The van der Waals surface area contributed by atoms with Gasteiger partial charge in [0.15, 0.2) is 28.7 Å². The number of carbonyl (C=O) groups excluding carboxylic acids is 1. The van der Waals surface area contributed by atoms with E-state index in [9.17, 15) is 30.3 Å². The maximum Gasteiger partial charge on any atom is 0.244 e. The Kier molecular flexibility index (Phi) is 5.16. The average molecular weight is 331 g/mol. The van der Waals surface area contributed by atoms with E-state index in [1.165, 1.54) is 36.4 Å². The van der Waals surface area contributed by atoms with Gasteiger partial charge in [0.1, 0.15) is 0 Å². The molecule has 0 aromatic heterocycles. The van der Waals surface area contributed by atoms with Gasteiger partial charge in [0.2, 0.25) is 5.91 Å². The summed E-state index contributed by atoms with van der Waals surface area (Å²) >= 11 is 0. The summed E-state index contributed by atoms with van der Waals surface area (Å²) in [6, 6.07) is 6.78. The topological polar surface area (TPSA) is 130 Å². The number of amides is 1. The van der Waals surface area contributed by atoms with Crippen LogP contribution in [0.15, 0.2) is 36.4 Å². The van der Waals surface area contributed by atoms with Crippen molar-refractivity contribution >= 4 is 12.0 Å². The highest BCUT2D eigenvalue weighted by atomic mass is 16.3. The molecular formula is C17H17NO6. The fourth-order valence-electron chi connectivity index (χ4n) is 2.01. The Bertz CT molecular complexity index is 762. The van der Waals surface area contributed by atoms with Crippen molar-refractivity contribution in [1.82, 2.24) is 5.32 Å². The van der Waals surface area contributed by atoms with Crippen molar-refractivity contribution in [3.63, 3.8) is 0 Å². The lowest BCUT2D eigenvalue weighted by atomic mass is 10.1. The Morgan fingerprint density at radius 2 is 1.58 bits per heavy atom. The van der Waals surface area contributed by atoms with Gasteiger partial charge < -0.3 is 30.8 Å². The predicted molar refractivity (Wildman–Crippen MR) is 87.0 cm³/mol. The Labute approximate surface area is 137 Å². The number of hydrogen-bond donors (Lipinski definition) is 6. The van der Waals surface area contributed by atoms with Crippen LogP contribution in [-0.2, 0) is 11.2 Å². The molecule has 7 nitrogen and oxygen atoms in total. The quantitative estimate of drug-likeness (QED) is 0.364. The Morgan fingerprint density at radius 1 is 0.917 bits per heavy atom. The number of benzene rings is 2. The molecule has 0 bridgehead atoms. The molecule has 1 amide bonds. The molecule has 0 atom stereocenters. The van der Waals surface area contributed by atoms with Crippen molar-refractivity contribution in [2.45, 2.75) is 6.42 Å². The van der Waals surface area contributed by atoms with Crippen molar-refractivity contribution in [3.05, 3.63) is 47.5 Å². The zero-order chi connectivity index (χ0) is 17.7. The Balaban J connectivity index is 1.87. The van der Waals surface area contributed by atoms with Gasteiger partial charge in [0, 0.05) is 12.6 Å². The Hall–Kier alpha value is -3.35. The second kappa shape index (κ2) is 7.28. The smallest absolute Gasteiger partial charge is 0.244 e. The first kappa shape index (κ1) is 17.0. The summed E-state index contributed by atoms with van der Waals surface area (Å²) in [6.45, 7) is 0.258. The summed E-state index contributed by atoms with van der Waals surface area (Å²) in [5.74, 6) is -2.31. The van der Waals surface area contributed by atoms with E-state index < -0.39 is 17.2 Å². The summed E-state index contributed by atoms with van der Waals surface area (Å²) < 4.78 is 0. The molecule has 0 saturated heterocycles. The highest BCUT2D eigenvalue weighted by molar-refractivity contribution is 5.91. The molecule has 0 aliphatic rings. The standard InChI is InChI=1S/C17H17NO6/c19-12-3-1-10(7-13(12)20)2-4-16(23)18-6-5-11-8-14(21)17(24)15(22)9-11/h1-4,7-9,19-22,24H,5-6H2,(H,18,23)/b4-2+. The minimum absolute atomic E-state index is 0.239. The fourth-order valence-corrected chi connectivity index (χ4v) is 2.01. The van der Waals surface area contributed by atoms with Crippen molar-refractivity contribution in [1.29, 1.82) is 0 Å². The fraction of sp³-hybridized carbons (Fsp3) is 0.118. The van der Waals surface area contributed by atoms with Crippen LogP contribution >= 0.6 is 0 Å². The van der Waals surface area contributed by atoms with E-state index in [1.807, 2.05) is 0 Å². The molecule has 6 N–H and O–H groups in total. The normalized spacial score (nSPS) is 10.8. The van der Waals surface area contributed by atoms with Crippen LogP contribution < -0.4 is 5.32 Å². The van der Waals surface area contributed by atoms with E-state index in [2.05, 4.69) is 5.32 Å². The zero-order valence-electron chi connectivity index (χ0n) is 12.6. The van der Waals surface area contributed by atoms with Crippen LogP contribution in [-0.4, -0.2) is 38.0 Å². The average Bonchev–Trinajstić information content (AvgIpc) is 2.53. The van der Waals surface area contributed by atoms with Gasteiger partial charge >= 0.3 is 0 Å². The molecule has 2 aromatic rings. The molecule has 0 aliphatic carbocycles. The zero-order valence-corrected chi connectivity index (χ0v) is 12.6. The van der Waals surface area contributed by atoms with E-state index >= 15 is 0 Å². The molecule has 0 unspecified atom stereocenters. The van der Waals surface area contributed by atoms with E-state index in [1.54, 1.807) is 6.07 Å². The number of nitrogens with one attached hydrogen (secondary N) is 1. The summed E-state index contributed by atoms with van der Waals surface area (Å²) in [5.41, 5.74) is 1.10. The first-order chi connectivity index (χ1) is 11.4. The maximum absolute atomic E-state index is 11.7. The molecule has 0 radical (unpaired) electrons. The monoisotopic (exact) mass is 331 g/mol. The van der Waals surface area contributed by atoms with Gasteiger partial charge in [-0.3, -0.25) is 4.79 Å². The molecule has 7 heteroatoms. The van der Waals surface area contributed by atoms with Crippen LogP contribution in [0, 0.1) is 0 Å². The number of phenolic OH excluding ortho intramolecular Hbond substituents is 5. The van der Waals surface area contributed by atoms with Crippen LogP contribution in [0.4, 0.5) is 0 Å². The van der Waals surface area contributed by atoms with Gasteiger partial charge in [0.05, 0.1) is 0 Å². The number of hydrogen-bond acceptors (Lipinski definition) is 6. The minimum Gasteiger partial charge on any atom is -0.504 e. The third-order valence-electron chi connectivity index (χ3n) is 3.27. The summed E-state index contributed by atoms with van der Waals surface area (Å²) in [6.07, 6.45) is 3.10. The minimum atomic E-state index is -0.581. The van der Waals surface area contributed by atoms with E-state index in [0.29, 0.717) is 17.5 Å². The SMILES string of the molecule is O=C(/C=C/c1ccc(O)c(O)c1)NCCc1cc(O)c(O)c(O)c1. The second-order valence-electron chi connectivity index (χ2n) is 5.11. The van der Waals surface area contributed by atoms with Gasteiger partial charge in [-0.1, -0.05) is 6.07 Å². The van der Waals surface area contributed by atoms with Gasteiger partial charge in [-0.15, -0.1) is 0 Å². The number of aromatic hydroxyl groups is 5. The molecule has 0 heterocycles. The molecule has 126 valence electrons. The van der Waals surface area contributed by atoms with Gasteiger partial charge in [-0.05, 0) is 47.9 Å². The van der Waals surface area contributed by atoms with Crippen LogP contribution in [0.3, 0.4) is 0 Å². The van der Waals surface area contributed by atoms with Crippen LogP contribution in [0.25, 0.3) is 6.08 Å². The third kappa shape index (κ3) is 4.33. The van der Waals surface area contributed by atoms with Gasteiger partial charge in [-0.25, -0.2) is 0 Å². The molecule has 24 heavy (non-hydrogen) atoms. The van der Waals surface area contributed by atoms with E-state index in [-0.39, 0.29) is 24.0 Å². The second-order valence-corrected chi connectivity index (χ2v) is 5.11. The lowest BCUT2D eigenvalue weighted by molar-refractivity contribution is -0.116. The first-order valence-corrected chi connectivity index (χ1v) is 7.08. The third-order valence-corrected chi connectivity index (χ3v) is 3.27. The van der Waals surface area contributed by atoms with Crippen LogP contribution in [0.5, 0.6) is 28.7 Å². The molecule has 2 aromatic carbocycles. The molecule has 0 aliphatic heterocycles. The number of carbonyl (C=O) groups is 1. The van der Waals surface area contributed by atoms with Crippen molar-refractivity contribution in [2.75, 3.05) is 6.54 Å². The lowest BCUT2D eigenvalue weighted by Crippen LogP contribution is -2.23. The molecule has 0 spiro atoms. The van der Waals surface area contributed by atoms with E-state index in [4.69, 9.17) is 0 Å². The molecular weight excluding hydrogens is 314 g/mol. The summed E-state index contributed by atoms with van der Waals surface area (Å²) in [5, 5.41) is 49.2. The highest BCUT2D eigenvalue weighted by Gasteiger charge is 2.08. The van der Waals surface area contributed by atoms with Crippen LogP contribution in [0.2, 0.25) is 0 Å². The number of rotatable bonds is 5. The lowest BCUT2D eigenvalue weighted by Gasteiger charge is -2.06. The van der Waals surface area contributed by atoms with Gasteiger partial charge in [-0.2, -0.15) is 0 Å². The molecule has 0 saturated carbocycles. The van der Waals surface area contributed by atoms with E-state index in [0.717, 1.165) is 0 Å². The molecule has 2 rings (SSSR count). The Morgan fingerprint density at radius 3 is 2.21 bits per heavy atom. The van der Waals surface area contributed by atoms with Crippen molar-refractivity contribution < 1.29 is 30.3 Å². The van der Waals surface area contributed by atoms with Gasteiger partial charge in [0.25, 0.3) is 0 Å². The largest absolute Gasteiger partial charge is 0.504 e. The molecule has 0 fully saturated rings. The van der Waals surface area contributed by atoms with Crippen molar-refractivity contribution in [3.8, 4) is 28.7 Å². The number of phenols is 5. The highest BCUT2D eigenvalue weighted by Crippen LogP contribution is 2.35. The van der Waals surface area contributed by atoms with Crippen molar-refractivity contribution in [2.24, 2.45) is 0 Å². The first-order valence-electron chi connectivity index (χ1n) is 7.08. The summed E-state index contributed by atoms with van der Waals surface area (Å²) in [4.78, 5) is 11.7. The predicted octanol–water partition coefficient (Wildman–Crippen LogP) is 1.59. The van der Waals surface area contributed by atoms with Crippen LogP contribution in [0.1, 0.15) is 11.1 Å². The summed E-state index contributed by atoms with van der Waals surface area (Å²) in [7, 11) is 0.